The van der Waals surface area contributed by atoms with E-state index < -0.39 is 0 Å². The van der Waals surface area contributed by atoms with Crippen LogP contribution in [0.2, 0.25) is 0 Å². The van der Waals surface area contributed by atoms with Crippen molar-refractivity contribution in [2.75, 3.05) is 0 Å². The average Bonchev–Trinajstić information content (AvgIpc) is 2.88. The molecule has 2 heterocycles. The first-order valence-electron chi connectivity index (χ1n) is 7.14. The molecule has 1 aromatic carbocycles. The molecule has 0 bridgehead atoms. The Labute approximate surface area is 139 Å². The van der Waals surface area contributed by atoms with Crippen molar-refractivity contribution in [2.24, 2.45) is 4.99 Å². The summed E-state index contributed by atoms with van der Waals surface area (Å²) in [5, 5.41) is 3.34. The van der Waals surface area contributed by atoms with Gasteiger partial charge in [-0.15, -0.1) is 0 Å². The van der Waals surface area contributed by atoms with Crippen LogP contribution in [0, 0.1) is 0 Å². The first kappa shape index (κ1) is 15.2. The fourth-order valence-electron chi connectivity index (χ4n) is 2.08. The van der Waals surface area contributed by atoms with Crippen molar-refractivity contribution in [1.82, 2.24) is 10.3 Å². The molecule has 1 amide bonds. The van der Waals surface area contributed by atoms with E-state index in [0.717, 1.165) is 11.1 Å². The summed E-state index contributed by atoms with van der Waals surface area (Å²) in [5.41, 5.74) is 2.83. The van der Waals surface area contributed by atoms with Crippen molar-refractivity contribution < 1.29 is 4.79 Å². The summed E-state index contributed by atoms with van der Waals surface area (Å²) in [6, 6.07) is 13.7. The maximum atomic E-state index is 12.0. The number of thioether (sulfide) groups is 1. The molecule has 1 N–H and O–H groups in total. The van der Waals surface area contributed by atoms with E-state index in [9.17, 15) is 4.79 Å². The van der Waals surface area contributed by atoms with E-state index in [-0.39, 0.29) is 5.91 Å². The highest BCUT2D eigenvalue weighted by atomic mass is 32.2. The number of carbonyl (C=O) groups excluding carboxylic acids is 1. The molecule has 4 nitrogen and oxygen atoms in total. The molecule has 114 valence electrons. The molecule has 23 heavy (non-hydrogen) atoms. The molecule has 0 atom stereocenters. The largest absolute Gasteiger partial charge is 0.300 e. The van der Waals surface area contributed by atoms with Crippen LogP contribution >= 0.6 is 11.8 Å². The van der Waals surface area contributed by atoms with E-state index in [2.05, 4.69) is 15.3 Å². The van der Waals surface area contributed by atoms with Gasteiger partial charge in [-0.2, -0.15) is 0 Å². The fourth-order valence-corrected chi connectivity index (χ4v) is 2.97. The third kappa shape index (κ3) is 4.17. The fraction of sp³-hybridized carbons (Fsp3) is 0.0556. The summed E-state index contributed by atoms with van der Waals surface area (Å²) < 4.78 is 0. The van der Waals surface area contributed by atoms with E-state index >= 15 is 0 Å². The van der Waals surface area contributed by atoms with Gasteiger partial charge in [-0.1, -0.05) is 36.4 Å². The van der Waals surface area contributed by atoms with Crippen molar-refractivity contribution in [1.29, 1.82) is 0 Å². The Morgan fingerprint density at radius 2 is 2.04 bits per heavy atom. The van der Waals surface area contributed by atoms with Crippen LogP contribution in [0.5, 0.6) is 0 Å². The van der Waals surface area contributed by atoms with E-state index in [1.165, 1.54) is 11.8 Å². The molecule has 2 aromatic rings. The highest BCUT2D eigenvalue weighted by Gasteiger charge is 2.23. The number of aliphatic imine (C=N–C) groups is 1. The summed E-state index contributed by atoms with van der Waals surface area (Å²) >= 11 is 1.33. The van der Waals surface area contributed by atoms with Gasteiger partial charge >= 0.3 is 0 Å². The molecule has 1 aliphatic rings. The number of nitrogens with zero attached hydrogens (tertiary/aromatic N) is 2. The van der Waals surface area contributed by atoms with Gasteiger partial charge in [0.05, 0.1) is 16.8 Å². The second-order valence-electron chi connectivity index (χ2n) is 4.99. The van der Waals surface area contributed by atoms with Crippen LogP contribution in [0.25, 0.3) is 6.08 Å². The number of rotatable bonds is 3. The topological polar surface area (TPSA) is 54.4 Å². The number of amidine groups is 1. The molecule has 0 unspecified atom stereocenters. The Bertz CT molecular complexity index is 796. The van der Waals surface area contributed by atoms with Crippen LogP contribution in [0.1, 0.15) is 12.5 Å². The monoisotopic (exact) mass is 321 g/mol. The second kappa shape index (κ2) is 7.07. The van der Waals surface area contributed by atoms with Gasteiger partial charge in [0.1, 0.15) is 0 Å². The Morgan fingerprint density at radius 1 is 1.22 bits per heavy atom. The minimum absolute atomic E-state index is 0.126. The number of allylic oxidation sites excluding steroid dienone is 2. The smallest absolute Gasteiger partial charge is 0.264 e. The first-order valence-corrected chi connectivity index (χ1v) is 7.95. The lowest BCUT2D eigenvalue weighted by molar-refractivity contribution is -0.115. The van der Waals surface area contributed by atoms with Crippen LogP contribution in [0.15, 0.2) is 76.4 Å². The Hall–Kier alpha value is -2.66. The van der Waals surface area contributed by atoms with Crippen LogP contribution in [0.4, 0.5) is 5.69 Å². The second-order valence-corrected chi connectivity index (χ2v) is 6.02. The highest BCUT2D eigenvalue weighted by molar-refractivity contribution is 8.18. The Morgan fingerprint density at radius 3 is 2.78 bits per heavy atom. The van der Waals surface area contributed by atoms with Crippen molar-refractivity contribution in [3.05, 3.63) is 77.0 Å². The van der Waals surface area contributed by atoms with Crippen molar-refractivity contribution in [3.63, 3.8) is 0 Å². The van der Waals surface area contributed by atoms with Gasteiger partial charge in [0, 0.05) is 6.20 Å². The van der Waals surface area contributed by atoms with Crippen molar-refractivity contribution >= 4 is 34.6 Å². The molecule has 0 spiro atoms. The van der Waals surface area contributed by atoms with Gasteiger partial charge in [0.2, 0.25) is 0 Å². The number of aromatic nitrogens is 1. The molecule has 5 heteroatoms. The zero-order chi connectivity index (χ0) is 16.1. The van der Waals surface area contributed by atoms with Gasteiger partial charge in [-0.05, 0) is 48.0 Å². The molecule has 3 rings (SSSR count). The number of benzene rings is 1. The molecule has 1 saturated heterocycles. The van der Waals surface area contributed by atoms with Crippen LogP contribution in [-0.2, 0) is 4.79 Å². The van der Waals surface area contributed by atoms with Crippen molar-refractivity contribution in [3.8, 4) is 0 Å². The molecule has 1 fully saturated rings. The maximum absolute atomic E-state index is 12.0. The number of carbonyl (C=O) groups is 1. The number of hydrogen-bond acceptors (Lipinski definition) is 4. The zero-order valence-corrected chi connectivity index (χ0v) is 13.4. The van der Waals surface area contributed by atoms with Crippen LogP contribution in [0.3, 0.4) is 0 Å². The minimum atomic E-state index is -0.126. The zero-order valence-electron chi connectivity index (χ0n) is 12.6. The van der Waals surface area contributed by atoms with Crippen molar-refractivity contribution in [2.45, 2.75) is 6.92 Å². The van der Waals surface area contributed by atoms with E-state index in [1.807, 2.05) is 61.5 Å². The molecule has 0 radical (unpaired) electrons. The minimum Gasteiger partial charge on any atom is -0.300 e. The Balaban J connectivity index is 1.77. The molecular weight excluding hydrogens is 306 g/mol. The number of hydrogen-bond donors (Lipinski definition) is 1. The van der Waals surface area contributed by atoms with Gasteiger partial charge < -0.3 is 5.32 Å². The lowest BCUT2D eigenvalue weighted by Crippen LogP contribution is -2.19. The third-order valence-electron chi connectivity index (χ3n) is 3.08. The maximum Gasteiger partial charge on any atom is 0.264 e. The van der Waals surface area contributed by atoms with Gasteiger partial charge in [-0.3, -0.25) is 9.78 Å². The first-order chi connectivity index (χ1) is 11.2. The van der Waals surface area contributed by atoms with E-state index in [4.69, 9.17) is 0 Å². The average molecular weight is 321 g/mol. The lowest BCUT2D eigenvalue weighted by Gasteiger charge is -1.96. The van der Waals surface area contributed by atoms with Crippen LogP contribution < -0.4 is 5.32 Å². The highest BCUT2D eigenvalue weighted by Crippen LogP contribution is 2.27. The summed E-state index contributed by atoms with van der Waals surface area (Å²) in [7, 11) is 0. The summed E-state index contributed by atoms with van der Waals surface area (Å²) in [6.45, 7) is 1.98. The summed E-state index contributed by atoms with van der Waals surface area (Å²) in [4.78, 5) is 21.1. The van der Waals surface area contributed by atoms with Gasteiger partial charge in [0.15, 0.2) is 5.17 Å². The van der Waals surface area contributed by atoms with Crippen LogP contribution in [-0.4, -0.2) is 16.1 Å². The SMILES string of the molecule is CC(=C\c1ccccc1)/C=C1/SC(=Nc2cccnc2)NC1=O. The number of pyridine rings is 1. The molecule has 0 saturated carbocycles. The predicted molar refractivity (Wildman–Crippen MR) is 95.2 cm³/mol. The summed E-state index contributed by atoms with van der Waals surface area (Å²) in [5.74, 6) is -0.126. The number of nitrogens with one attached hydrogen (secondary N) is 1. The van der Waals surface area contributed by atoms with E-state index in [1.54, 1.807) is 12.4 Å². The summed E-state index contributed by atoms with van der Waals surface area (Å²) in [6.07, 6.45) is 7.25. The van der Waals surface area contributed by atoms with Gasteiger partial charge in [0.25, 0.3) is 5.91 Å². The lowest BCUT2D eigenvalue weighted by atomic mass is 10.1. The standard InChI is InChI=1S/C18H15N3OS/c1-13(10-14-6-3-2-4-7-14)11-16-17(22)21-18(23-16)20-15-8-5-9-19-12-15/h2-12H,1H3,(H,20,21,22)/b13-10+,16-11+. The molecule has 1 aromatic heterocycles. The van der Waals surface area contributed by atoms with Gasteiger partial charge in [-0.25, -0.2) is 4.99 Å². The molecular formula is C18H15N3OS. The predicted octanol–water partition coefficient (Wildman–Crippen LogP) is 3.92. The number of amides is 1. The molecule has 1 aliphatic heterocycles. The molecule has 0 aliphatic carbocycles. The third-order valence-corrected chi connectivity index (χ3v) is 3.99. The van der Waals surface area contributed by atoms with E-state index in [0.29, 0.717) is 15.8 Å². The Kier molecular flexibility index (Phi) is 4.68. The normalized spacial score (nSPS) is 18.5. The quantitative estimate of drug-likeness (QED) is 0.872.